The Hall–Kier alpha value is -14.9. The normalized spacial score (nSPS) is 15.8. The van der Waals surface area contributed by atoms with Crippen LogP contribution >= 0.6 is 0 Å². The van der Waals surface area contributed by atoms with Crippen LogP contribution < -0.4 is 0 Å². The summed E-state index contributed by atoms with van der Waals surface area (Å²) in [6.07, 6.45) is 0. The van der Waals surface area contributed by atoms with Crippen molar-refractivity contribution >= 4 is 131 Å². The highest BCUT2D eigenvalue weighted by Crippen LogP contribution is 2.46. The van der Waals surface area contributed by atoms with E-state index in [9.17, 15) is 15.1 Å². The third kappa shape index (κ3) is 9.78. The van der Waals surface area contributed by atoms with Gasteiger partial charge < -0.3 is 17.7 Å². The maximum atomic E-state index is 9.78. The first kappa shape index (κ1) is 38.0. The van der Waals surface area contributed by atoms with Crippen molar-refractivity contribution < 1.29 is 58.8 Å². The molecule has 504 valence electrons. The molecule has 8 heterocycles. The van der Waals surface area contributed by atoms with Gasteiger partial charge in [-0.25, -0.2) is 9.97 Å². The Balaban J connectivity index is 0.000000170. The van der Waals surface area contributed by atoms with Gasteiger partial charge in [0.05, 0.1) is 74.0 Å². The number of rotatable bonds is 9. The standard InChI is InChI=1S/C51H30N4O2.C45H26N4O2/c1-3-12-31(13-4-1)32-22-24-34(25-23-32)49-52-50(35-26-27-40-45(30-35)57-43-21-11-18-36(46(40)43)33-14-5-2-6-15-33)54-51(53-49)55-41-19-9-7-16-37(41)38-28-29-44-47(48(38)55)39-17-8-10-20-42(39)56-44;1-3-12-27(13-4-1)30-18-11-21-37-40(30)34-23-22-29(26-39(34)51-37)44-46-43(28-14-5-2-6-15-28)47-45(48-44)49-35-19-9-7-16-31(35)32-24-25-38-41(42(32)49)33-17-8-10-20-36(33)50-38/h1-30H;1-26H/i2D,5D,6D,7D,8D,9D,10D,11D,14D,15D,16D,17D,18D,19D,20D,21D,22D,23D,24D,25D,26D,27D,28D,29D,30D;1D,3D,4D,12D,13D. The van der Waals surface area contributed by atoms with E-state index in [1.54, 1.807) is 42.5 Å². The van der Waals surface area contributed by atoms with Crippen LogP contribution in [0, 0.1) is 0 Å². The van der Waals surface area contributed by atoms with Gasteiger partial charge in [0.1, 0.15) is 44.7 Å². The highest BCUT2D eigenvalue weighted by Gasteiger charge is 2.26. The van der Waals surface area contributed by atoms with E-state index in [2.05, 4.69) is 43.8 Å². The van der Waals surface area contributed by atoms with Crippen LogP contribution in [0.2, 0.25) is 0 Å². The lowest BCUT2D eigenvalue weighted by Gasteiger charge is -2.12. The summed E-state index contributed by atoms with van der Waals surface area (Å²) in [4.78, 5) is 29.2. The number of hydrogen-bond acceptors (Lipinski definition) is 10. The summed E-state index contributed by atoms with van der Waals surface area (Å²) < 4.78 is 295. The summed E-state index contributed by atoms with van der Waals surface area (Å²) in [6, 6.07) is 27.6. The maximum Gasteiger partial charge on any atom is 0.238 e. The molecule has 0 atom stereocenters. The number of para-hydroxylation sites is 4. The lowest BCUT2D eigenvalue weighted by atomic mass is 9.99. The topological polar surface area (TPSA) is 140 Å². The molecule has 23 aromatic rings. The van der Waals surface area contributed by atoms with Crippen LogP contribution in [0.1, 0.15) is 41.1 Å². The average molecular weight is 1420 g/mol. The van der Waals surface area contributed by atoms with Gasteiger partial charge in [0.2, 0.25) is 11.9 Å². The molecule has 23 rings (SSSR count). The Kier molecular flexibility index (Phi) is 8.59. The largest absolute Gasteiger partial charge is 0.456 e. The molecule has 108 heavy (non-hydrogen) atoms. The molecule has 15 aromatic carbocycles. The van der Waals surface area contributed by atoms with Crippen molar-refractivity contribution in [2.45, 2.75) is 0 Å². The van der Waals surface area contributed by atoms with Gasteiger partial charge >= 0.3 is 0 Å². The fourth-order valence-electron chi connectivity index (χ4n) is 14.1. The Labute approximate surface area is 657 Å². The van der Waals surface area contributed by atoms with Crippen LogP contribution in [0.5, 0.6) is 0 Å². The second-order valence-electron chi connectivity index (χ2n) is 24.9. The van der Waals surface area contributed by atoms with E-state index in [0.717, 1.165) is 59.3 Å². The second-order valence-corrected chi connectivity index (χ2v) is 24.9. The van der Waals surface area contributed by atoms with Crippen molar-refractivity contribution in [2.24, 2.45) is 0 Å². The molecule has 0 radical (unpaired) electrons. The molecule has 0 unspecified atom stereocenters. The van der Waals surface area contributed by atoms with E-state index in [-0.39, 0.29) is 39.5 Å². The fraction of sp³-hybridized carbons (Fsp3) is 0. The summed E-state index contributed by atoms with van der Waals surface area (Å²) in [7, 11) is 0. The molecule has 0 saturated heterocycles. The van der Waals surface area contributed by atoms with E-state index >= 15 is 0 Å². The molecule has 0 spiro atoms. The van der Waals surface area contributed by atoms with Crippen molar-refractivity contribution in [3.8, 4) is 90.8 Å². The molecule has 12 heteroatoms. The smallest absolute Gasteiger partial charge is 0.238 e. The molecular formula is C96H56N8O4. The first-order valence-corrected chi connectivity index (χ1v) is 33.5. The summed E-state index contributed by atoms with van der Waals surface area (Å²) in [5, 5.41) is 2.87. The van der Waals surface area contributed by atoms with E-state index in [0.29, 0.717) is 45.3 Å². The first-order valence-electron chi connectivity index (χ1n) is 48.5. The summed E-state index contributed by atoms with van der Waals surface area (Å²) in [5.41, 5.74) is 0.872. The molecule has 12 nitrogen and oxygen atoms in total. The highest BCUT2D eigenvalue weighted by atomic mass is 16.3. The molecule has 0 saturated carbocycles. The zero-order chi connectivity index (χ0) is 97.0. The van der Waals surface area contributed by atoms with Gasteiger partial charge in [0, 0.05) is 76.1 Å². The number of aromatic nitrogens is 8. The molecular weight excluding hydrogens is 1330 g/mol. The lowest BCUT2D eigenvalue weighted by Crippen LogP contribution is -2.06. The lowest BCUT2D eigenvalue weighted by molar-refractivity contribution is 0.668. The van der Waals surface area contributed by atoms with E-state index < -0.39 is 264 Å². The van der Waals surface area contributed by atoms with Crippen molar-refractivity contribution in [2.75, 3.05) is 0 Å². The Morgan fingerprint density at radius 2 is 0.750 bits per heavy atom. The van der Waals surface area contributed by atoms with Crippen LogP contribution in [-0.2, 0) is 0 Å². The molecule has 0 aliphatic carbocycles. The van der Waals surface area contributed by atoms with Crippen LogP contribution in [0.3, 0.4) is 0 Å². The van der Waals surface area contributed by atoms with Crippen molar-refractivity contribution in [1.82, 2.24) is 39.0 Å². The highest BCUT2D eigenvalue weighted by molar-refractivity contribution is 6.26. The van der Waals surface area contributed by atoms with Gasteiger partial charge in [-0.2, -0.15) is 19.9 Å². The number of fused-ring (bicyclic) bond motifs is 20. The van der Waals surface area contributed by atoms with Crippen LogP contribution in [0.15, 0.2) is 357 Å². The molecule has 0 N–H and O–H groups in total. The SMILES string of the molecule is [2H]c1c([2H])c([2H])c(-c2c([2H])c([2H])c([2H])c3oc4c([2H])c(-c5nc(-c6c([2H])c([2H])c(-c7ccccc7)c([2H])c6[2H])nc(-n6c7c([2H])c([2H])c([2H])c([2H])c7c7c([2H])c([2H])c8oc9c([2H])c([2H])c([2H])c([2H])c9c8c76)n5)c([2H])c([2H])c4c23)c([2H])c1[2H].[2H]c1c([2H])c([2H])c(-c2cccc3oc4cc(-c5nc(-c6ccccc6)nc(-n6c7ccccc7c7ccc8oc9ccccc9c8c76)n5)ccc4c23)c([2H])c1[2H]. The Morgan fingerprint density at radius 3 is 1.55 bits per heavy atom. The number of hydrogen-bond donors (Lipinski definition) is 0. The van der Waals surface area contributed by atoms with Crippen LogP contribution in [0.4, 0.5) is 0 Å². The summed E-state index contributed by atoms with van der Waals surface area (Å²) in [5.74, 6) is -1.02. The van der Waals surface area contributed by atoms with Crippen molar-refractivity contribution in [1.29, 1.82) is 0 Å². The first-order chi connectivity index (χ1) is 66.0. The molecule has 0 amide bonds. The average Bonchev–Trinajstić information content (AvgIpc) is 1.52. The summed E-state index contributed by atoms with van der Waals surface area (Å²) >= 11 is 0. The minimum atomic E-state index is -0.946. The number of furan rings is 4. The third-order valence-corrected chi connectivity index (χ3v) is 18.8. The minimum Gasteiger partial charge on any atom is -0.456 e. The van der Waals surface area contributed by atoms with Gasteiger partial charge in [-0.3, -0.25) is 9.13 Å². The Morgan fingerprint density at radius 1 is 0.231 bits per heavy atom. The van der Waals surface area contributed by atoms with Gasteiger partial charge in [-0.1, -0.05) is 254 Å². The quantitative estimate of drug-likeness (QED) is 0.137. The number of benzene rings is 15. The fourth-order valence-corrected chi connectivity index (χ4v) is 14.1. The zero-order valence-electron chi connectivity index (χ0n) is 85.2. The molecule has 8 aromatic heterocycles. The maximum absolute atomic E-state index is 9.78. The molecule has 0 aliphatic rings. The minimum absolute atomic E-state index is 0.119. The van der Waals surface area contributed by atoms with Crippen LogP contribution in [0.25, 0.3) is 222 Å². The number of nitrogens with zero attached hydrogens (tertiary/aromatic N) is 8. The predicted molar refractivity (Wildman–Crippen MR) is 435 cm³/mol. The monoisotopic (exact) mass is 1410 g/mol. The van der Waals surface area contributed by atoms with Gasteiger partial charge in [0.25, 0.3) is 0 Å². The zero-order valence-corrected chi connectivity index (χ0v) is 55.2. The molecule has 0 aliphatic heterocycles. The predicted octanol–water partition coefficient (Wildman–Crippen LogP) is 25.2. The molecule has 0 bridgehead atoms. The van der Waals surface area contributed by atoms with Gasteiger partial charge in [-0.05, 0) is 118 Å². The Bertz CT molecular complexity index is 9430. The third-order valence-electron chi connectivity index (χ3n) is 18.8. The van der Waals surface area contributed by atoms with Crippen LogP contribution in [-0.4, -0.2) is 39.0 Å². The summed E-state index contributed by atoms with van der Waals surface area (Å²) in [6.45, 7) is 0. The van der Waals surface area contributed by atoms with Crippen molar-refractivity contribution in [3.05, 3.63) is 339 Å². The second kappa shape index (κ2) is 24.4. The van der Waals surface area contributed by atoms with Crippen molar-refractivity contribution in [3.63, 3.8) is 0 Å². The van der Waals surface area contributed by atoms with Gasteiger partial charge in [0.15, 0.2) is 23.3 Å². The van der Waals surface area contributed by atoms with E-state index in [1.165, 1.54) is 0 Å². The molecule has 0 fully saturated rings. The van der Waals surface area contributed by atoms with E-state index in [1.807, 2.05) is 91.0 Å². The van der Waals surface area contributed by atoms with Gasteiger partial charge in [-0.15, -0.1) is 0 Å². The van der Waals surface area contributed by atoms with E-state index in [4.69, 9.17) is 58.7 Å².